The molecule has 2 fully saturated rings. The van der Waals surface area contributed by atoms with Crippen LogP contribution in [0.3, 0.4) is 0 Å². The molecule has 0 saturated heterocycles. The van der Waals surface area contributed by atoms with Crippen molar-refractivity contribution in [3.8, 4) is 0 Å². The van der Waals surface area contributed by atoms with Gasteiger partial charge in [0.25, 0.3) is 0 Å². The summed E-state index contributed by atoms with van der Waals surface area (Å²) in [6.45, 7) is 2.46. The first-order chi connectivity index (χ1) is 6.34. The third-order valence-corrected chi connectivity index (χ3v) is 3.88. The second-order valence-electron chi connectivity index (χ2n) is 4.74. The van der Waals surface area contributed by atoms with E-state index in [1.807, 2.05) is 0 Å². The van der Waals surface area contributed by atoms with Crippen LogP contribution in [0.1, 0.15) is 38.5 Å². The van der Waals surface area contributed by atoms with Gasteiger partial charge in [0.2, 0.25) is 0 Å². The van der Waals surface area contributed by atoms with Crippen LogP contribution < -0.4 is 5.32 Å². The van der Waals surface area contributed by atoms with Gasteiger partial charge in [0, 0.05) is 5.38 Å². The summed E-state index contributed by atoms with van der Waals surface area (Å²) < 4.78 is 0. The van der Waals surface area contributed by atoms with Crippen LogP contribution in [-0.4, -0.2) is 18.5 Å². The lowest BCUT2D eigenvalue weighted by atomic mass is 9.85. The summed E-state index contributed by atoms with van der Waals surface area (Å²) in [5, 5.41) is 4.08. The van der Waals surface area contributed by atoms with E-state index in [4.69, 9.17) is 11.6 Å². The van der Waals surface area contributed by atoms with Crippen LogP contribution in [0.5, 0.6) is 0 Å². The molecule has 1 nitrogen and oxygen atoms in total. The van der Waals surface area contributed by atoms with Gasteiger partial charge in [-0.2, -0.15) is 0 Å². The van der Waals surface area contributed by atoms with Crippen molar-refractivity contribution in [1.82, 2.24) is 5.32 Å². The highest BCUT2D eigenvalue weighted by molar-refractivity contribution is 6.21. The van der Waals surface area contributed by atoms with E-state index >= 15 is 0 Å². The third-order valence-electron chi connectivity index (χ3n) is 3.52. The zero-order valence-corrected chi connectivity index (χ0v) is 9.02. The van der Waals surface area contributed by atoms with Crippen LogP contribution in [-0.2, 0) is 0 Å². The standard InChI is InChI=1S/C11H20ClN/c12-11-5-10(6-11)8-13-7-9-3-1-2-4-9/h9-11,13H,1-8H2. The Labute approximate surface area is 86.2 Å². The normalized spacial score (nSPS) is 34.8. The van der Waals surface area contributed by atoms with Gasteiger partial charge in [-0.3, -0.25) is 0 Å². The zero-order chi connectivity index (χ0) is 9.10. The highest BCUT2D eigenvalue weighted by Crippen LogP contribution is 2.31. The van der Waals surface area contributed by atoms with Gasteiger partial charge in [-0.05, 0) is 50.6 Å². The molecular weight excluding hydrogens is 182 g/mol. The minimum atomic E-state index is 0.485. The Kier molecular flexibility index (Phi) is 3.51. The second kappa shape index (κ2) is 4.65. The van der Waals surface area contributed by atoms with Crippen LogP contribution in [0.4, 0.5) is 0 Å². The van der Waals surface area contributed by atoms with Crippen molar-refractivity contribution in [3.63, 3.8) is 0 Å². The van der Waals surface area contributed by atoms with E-state index in [2.05, 4.69) is 5.32 Å². The summed E-state index contributed by atoms with van der Waals surface area (Å²) >= 11 is 5.92. The van der Waals surface area contributed by atoms with E-state index in [1.54, 1.807) is 0 Å². The van der Waals surface area contributed by atoms with Gasteiger partial charge in [-0.15, -0.1) is 11.6 Å². The van der Waals surface area contributed by atoms with Gasteiger partial charge >= 0.3 is 0 Å². The molecule has 2 aliphatic carbocycles. The largest absolute Gasteiger partial charge is 0.316 e. The Morgan fingerprint density at radius 3 is 2.23 bits per heavy atom. The first-order valence-corrected chi connectivity index (χ1v) is 6.13. The van der Waals surface area contributed by atoms with Crippen molar-refractivity contribution in [3.05, 3.63) is 0 Å². The predicted molar refractivity (Wildman–Crippen MR) is 57.2 cm³/mol. The summed E-state index contributed by atoms with van der Waals surface area (Å²) in [7, 11) is 0. The lowest BCUT2D eigenvalue weighted by Gasteiger charge is -2.31. The molecule has 0 aromatic rings. The number of rotatable bonds is 4. The molecule has 2 rings (SSSR count). The molecule has 0 unspecified atom stereocenters. The molecule has 0 aliphatic heterocycles. The van der Waals surface area contributed by atoms with E-state index in [0.29, 0.717) is 5.38 Å². The predicted octanol–water partition coefficient (Wildman–Crippen LogP) is 2.78. The number of halogens is 1. The molecule has 0 bridgehead atoms. The molecule has 2 aliphatic rings. The van der Waals surface area contributed by atoms with Crippen molar-refractivity contribution in [1.29, 1.82) is 0 Å². The lowest BCUT2D eigenvalue weighted by molar-refractivity contribution is 0.301. The Bertz CT molecular complexity index is 148. The van der Waals surface area contributed by atoms with E-state index < -0.39 is 0 Å². The van der Waals surface area contributed by atoms with E-state index in [1.165, 1.54) is 51.6 Å². The molecule has 1 N–H and O–H groups in total. The molecule has 0 radical (unpaired) electrons. The third kappa shape index (κ3) is 2.85. The maximum Gasteiger partial charge on any atom is 0.0342 e. The average Bonchev–Trinajstić information content (AvgIpc) is 2.53. The minimum absolute atomic E-state index is 0.485. The van der Waals surface area contributed by atoms with E-state index in [9.17, 15) is 0 Å². The summed E-state index contributed by atoms with van der Waals surface area (Å²) in [6.07, 6.45) is 8.29. The summed E-state index contributed by atoms with van der Waals surface area (Å²) in [5.41, 5.74) is 0. The Balaban J connectivity index is 1.49. The number of hydrogen-bond donors (Lipinski definition) is 1. The molecule has 13 heavy (non-hydrogen) atoms. The van der Waals surface area contributed by atoms with Gasteiger partial charge in [0.1, 0.15) is 0 Å². The zero-order valence-electron chi connectivity index (χ0n) is 8.27. The fourth-order valence-electron chi connectivity index (χ4n) is 2.53. The lowest BCUT2D eigenvalue weighted by Crippen LogP contribution is -2.35. The summed E-state index contributed by atoms with van der Waals surface area (Å²) in [4.78, 5) is 0. The smallest absolute Gasteiger partial charge is 0.0342 e. The monoisotopic (exact) mass is 201 g/mol. The second-order valence-corrected chi connectivity index (χ2v) is 5.36. The Hall–Kier alpha value is 0.250. The summed E-state index contributed by atoms with van der Waals surface area (Å²) in [6, 6.07) is 0. The van der Waals surface area contributed by atoms with Gasteiger partial charge in [0.15, 0.2) is 0 Å². The molecular formula is C11H20ClN. The Morgan fingerprint density at radius 1 is 1.00 bits per heavy atom. The number of hydrogen-bond acceptors (Lipinski definition) is 1. The van der Waals surface area contributed by atoms with Gasteiger partial charge in [0.05, 0.1) is 0 Å². The van der Waals surface area contributed by atoms with Crippen LogP contribution >= 0.6 is 11.6 Å². The average molecular weight is 202 g/mol. The molecule has 0 heterocycles. The molecule has 0 amide bonds. The highest BCUT2D eigenvalue weighted by Gasteiger charge is 2.26. The van der Waals surface area contributed by atoms with Crippen LogP contribution in [0.2, 0.25) is 0 Å². The molecule has 2 heteroatoms. The number of alkyl halides is 1. The maximum absolute atomic E-state index is 5.92. The van der Waals surface area contributed by atoms with Crippen molar-refractivity contribution >= 4 is 11.6 Å². The van der Waals surface area contributed by atoms with Gasteiger partial charge in [-0.1, -0.05) is 12.8 Å². The topological polar surface area (TPSA) is 12.0 Å². The van der Waals surface area contributed by atoms with Crippen molar-refractivity contribution < 1.29 is 0 Å². The first-order valence-electron chi connectivity index (χ1n) is 5.69. The highest BCUT2D eigenvalue weighted by atomic mass is 35.5. The van der Waals surface area contributed by atoms with E-state index in [-0.39, 0.29) is 0 Å². The molecule has 0 spiro atoms. The van der Waals surface area contributed by atoms with Crippen molar-refractivity contribution in [2.45, 2.75) is 43.9 Å². The fraction of sp³-hybridized carbons (Fsp3) is 1.00. The quantitative estimate of drug-likeness (QED) is 0.690. The summed E-state index contributed by atoms with van der Waals surface area (Å²) in [5.74, 6) is 1.86. The molecule has 76 valence electrons. The van der Waals surface area contributed by atoms with Crippen LogP contribution in [0, 0.1) is 11.8 Å². The molecule has 0 aromatic carbocycles. The first kappa shape index (κ1) is 9.79. The minimum Gasteiger partial charge on any atom is -0.316 e. The fourth-order valence-corrected chi connectivity index (χ4v) is 3.03. The van der Waals surface area contributed by atoms with Crippen molar-refractivity contribution in [2.24, 2.45) is 11.8 Å². The van der Waals surface area contributed by atoms with Crippen molar-refractivity contribution in [2.75, 3.05) is 13.1 Å². The van der Waals surface area contributed by atoms with Crippen LogP contribution in [0.15, 0.2) is 0 Å². The molecule has 0 atom stereocenters. The molecule has 0 aromatic heterocycles. The van der Waals surface area contributed by atoms with E-state index in [0.717, 1.165) is 11.8 Å². The van der Waals surface area contributed by atoms with Crippen LogP contribution in [0.25, 0.3) is 0 Å². The SMILES string of the molecule is ClC1CC(CNCC2CCCC2)C1. The number of nitrogens with one attached hydrogen (secondary N) is 1. The maximum atomic E-state index is 5.92. The molecule has 2 saturated carbocycles. The van der Waals surface area contributed by atoms with Gasteiger partial charge < -0.3 is 5.32 Å². The van der Waals surface area contributed by atoms with Gasteiger partial charge in [-0.25, -0.2) is 0 Å². The Morgan fingerprint density at radius 2 is 1.62 bits per heavy atom.